The van der Waals surface area contributed by atoms with E-state index in [-0.39, 0.29) is 11.9 Å². The average molecular weight is 287 g/mol. The first-order chi connectivity index (χ1) is 8.97. The van der Waals surface area contributed by atoms with E-state index < -0.39 is 0 Å². The number of ether oxygens (including phenoxy) is 2. The summed E-state index contributed by atoms with van der Waals surface area (Å²) < 4.78 is 10.3. The molecule has 0 radical (unpaired) electrons. The third kappa shape index (κ3) is 4.61. The minimum absolute atomic E-state index is 0.00731. The van der Waals surface area contributed by atoms with Gasteiger partial charge in [-0.3, -0.25) is 4.79 Å². The van der Waals surface area contributed by atoms with Crippen LogP contribution in [0.2, 0.25) is 5.02 Å². The number of carbonyl (C=O) groups excluding carboxylic acids is 1. The van der Waals surface area contributed by atoms with Crippen LogP contribution in [-0.4, -0.2) is 26.2 Å². The largest absolute Gasteiger partial charge is 0.495 e. The predicted octanol–water partition coefficient (Wildman–Crippen LogP) is 2.42. The van der Waals surface area contributed by atoms with Crippen LogP contribution in [0.4, 0.5) is 5.69 Å². The van der Waals surface area contributed by atoms with Gasteiger partial charge in [0.25, 0.3) is 0 Å². The van der Waals surface area contributed by atoms with Crippen LogP contribution in [0.25, 0.3) is 0 Å². The van der Waals surface area contributed by atoms with Gasteiger partial charge in [0.2, 0.25) is 5.91 Å². The molecule has 0 heterocycles. The molecule has 106 valence electrons. The van der Waals surface area contributed by atoms with E-state index in [0.717, 1.165) is 0 Å². The van der Waals surface area contributed by atoms with E-state index in [2.05, 4.69) is 5.32 Å². The fraction of sp³-hybridized carbons (Fsp3) is 0.462. The second-order valence-electron chi connectivity index (χ2n) is 4.25. The van der Waals surface area contributed by atoms with E-state index in [1.807, 2.05) is 6.92 Å². The fourth-order valence-electron chi connectivity index (χ4n) is 1.53. The summed E-state index contributed by atoms with van der Waals surface area (Å²) in [6, 6.07) is 3.22. The molecule has 6 heteroatoms. The number of methoxy groups -OCH3 is 2. The number of carbonyl (C=O) groups is 1. The van der Waals surface area contributed by atoms with Crippen LogP contribution in [0.15, 0.2) is 12.1 Å². The standard InChI is InChI=1S/C13H19ClN2O3/c1-8(15)4-5-13(17)16-10-6-9(14)11(18-2)7-12(10)19-3/h6-8H,4-5,15H2,1-3H3,(H,16,17). The molecule has 0 aromatic heterocycles. The predicted molar refractivity (Wildman–Crippen MR) is 76.1 cm³/mol. The minimum atomic E-state index is -0.128. The molecule has 0 spiro atoms. The van der Waals surface area contributed by atoms with Crippen molar-refractivity contribution in [1.82, 2.24) is 0 Å². The normalized spacial score (nSPS) is 11.8. The van der Waals surface area contributed by atoms with Crippen molar-refractivity contribution >= 4 is 23.2 Å². The van der Waals surface area contributed by atoms with Crippen LogP contribution in [0.3, 0.4) is 0 Å². The number of rotatable bonds is 6. The van der Waals surface area contributed by atoms with Crippen molar-refractivity contribution in [1.29, 1.82) is 0 Å². The maximum Gasteiger partial charge on any atom is 0.224 e. The van der Waals surface area contributed by atoms with Crippen molar-refractivity contribution in [3.63, 3.8) is 0 Å². The minimum Gasteiger partial charge on any atom is -0.495 e. The highest BCUT2D eigenvalue weighted by atomic mass is 35.5. The van der Waals surface area contributed by atoms with E-state index in [1.54, 1.807) is 12.1 Å². The Bertz CT molecular complexity index is 450. The topological polar surface area (TPSA) is 73.6 Å². The summed E-state index contributed by atoms with van der Waals surface area (Å²) in [5.41, 5.74) is 6.13. The van der Waals surface area contributed by atoms with Gasteiger partial charge in [0.15, 0.2) is 0 Å². The number of halogens is 1. The molecule has 0 aliphatic carbocycles. The Morgan fingerprint density at radius 1 is 1.37 bits per heavy atom. The van der Waals surface area contributed by atoms with Gasteiger partial charge in [-0.1, -0.05) is 11.6 Å². The van der Waals surface area contributed by atoms with Crippen LogP contribution in [-0.2, 0) is 4.79 Å². The van der Waals surface area contributed by atoms with Gasteiger partial charge in [-0.25, -0.2) is 0 Å². The smallest absolute Gasteiger partial charge is 0.224 e. The second kappa shape index (κ2) is 7.21. The molecule has 1 atom stereocenters. The van der Waals surface area contributed by atoms with Crippen LogP contribution in [0.5, 0.6) is 11.5 Å². The van der Waals surface area contributed by atoms with E-state index in [1.165, 1.54) is 14.2 Å². The Labute approximate surface area is 118 Å². The number of nitrogens with two attached hydrogens (primary N) is 1. The summed E-state index contributed by atoms with van der Waals surface area (Å²) in [6.45, 7) is 1.86. The number of hydrogen-bond donors (Lipinski definition) is 2. The zero-order valence-electron chi connectivity index (χ0n) is 11.3. The first-order valence-electron chi connectivity index (χ1n) is 5.95. The maximum atomic E-state index is 11.8. The lowest BCUT2D eigenvalue weighted by atomic mass is 10.2. The van der Waals surface area contributed by atoms with E-state index >= 15 is 0 Å². The van der Waals surface area contributed by atoms with Gasteiger partial charge in [0, 0.05) is 18.5 Å². The number of benzene rings is 1. The molecule has 1 amide bonds. The first kappa shape index (κ1) is 15.6. The average Bonchev–Trinajstić information content (AvgIpc) is 2.36. The molecule has 1 aromatic rings. The highest BCUT2D eigenvalue weighted by Gasteiger charge is 2.12. The number of hydrogen-bond acceptors (Lipinski definition) is 4. The summed E-state index contributed by atoms with van der Waals surface area (Å²) in [5.74, 6) is 0.860. The molecule has 0 aliphatic heterocycles. The highest BCUT2D eigenvalue weighted by molar-refractivity contribution is 6.32. The van der Waals surface area contributed by atoms with Crippen molar-refractivity contribution < 1.29 is 14.3 Å². The van der Waals surface area contributed by atoms with Crippen LogP contribution < -0.4 is 20.5 Å². The van der Waals surface area contributed by atoms with Crippen LogP contribution in [0.1, 0.15) is 19.8 Å². The highest BCUT2D eigenvalue weighted by Crippen LogP contribution is 2.35. The molecule has 5 nitrogen and oxygen atoms in total. The lowest BCUT2D eigenvalue weighted by Crippen LogP contribution is -2.19. The molecule has 19 heavy (non-hydrogen) atoms. The van der Waals surface area contributed by atoms with Gasteiger partial charge in [0.05, 0.1) is 24.9 Å². The molecule has 1 unspecified atom stereocenters. The lowest BCUT2D eigenvalue weighted by Gasteiger charge is -2.13. The molecular weight excluding hydrogens is 268 g/mol. The number of anilines is 1. The zero-order valence-corrected chi connectivity index (χ0v) is 12.1. The Kier molecular flexibility index (Phi) is 5.92. The number of amides is 1. The summed E-state index contributed by atoms with van der Waals surface area (Å²) >= 11 is 6.02. The van der Waals surface area contributed by atoms with Crippen molar-refractivity contribution in [2.75, 3.05) is 19.5 Å². The Morgan fingerprint density at radius 2 is 2.00 bits per heavy atom. The third-order valence-corrected chi connectivity index (χ3v) is 2.87. The Morgan fingerprint density at radius 3 is 2.53 bits per heavy atom. The fourth-order valence-corrected chi connectivity index (χ4v) is 1.77. The van der Waals surface area contributed by atoms with Crippen LogP contribution >= 0.6 is 11.6 Å². The second-order valence-corrected chi connectivity index (χ2v) is 4.66. The molecule has 0 fully saturated rings. The summed E-state index contributed by atoms with van der Waals surface area (Å²) in [7, 11) is 3.03. The molecule has 1 aromatic carbocycles. The summed E-state index contributed by atoms with van der Waals surface area (Å²) in [4.78, 5) is 11.8. The molecule has 1 rings (SSSR count). The van der Waals surface area contributed by atoms with E-state index in [0.29, 0.717) is 35.1 Å². The Hall–Kier alpha value is -1.46. The van der Waals surface area contributed by atoms with E-state index in [4.69, 9.17) is 26.8 Å². The molecule has 0 bridgehead atoms. The van der Waals surface area contributed by atoms with Crippen molar-refractivity contribution in [2.45, 2.75) is 25.8 Å². The quantitative estimate of drug-likeness (QED) is 0.842. The third-order valence-electron chi connectivity index (χ3n) is 2.57. The summed E-state index contributed by atoms with van der Waals surface area (Å²) in [5, 5.41) is 3.16. The van der Waals surface area contributed by atoms with Gasteiger partial charge >= 0.3 is 0 Å². The van der Waals surface area contributed by atoms with Crippen molar-refractivity contribution in [2.24, 2.45) is 5.73 Å². The lowest BCUT2D eigenvalue weighted by molar-refractivity contribution is -0.116. The van der Waals surface area contributed by atoms with Gasteiger partial charge in [0.1, 0.15) is 11.5 Å². The van der Waals surface area contributed by atoms with E-state index in [9.17, 15) is 4.79 Å². The van der Waals surface area contributed by atoms with Gasteiger partial charge in [-0.05, 0) is 19.4 Å². The first-order valence-corrected chi connectivity index (χ1v) is 6.32. The van der Waals surface area contributed by atoms with Crippen molar-refractivity contribution in [3.8, 4) is 11.5 Å². The molecule has 0 saturated carbocycles. The Balaban J connectivity index is 2.82. The van der Waals surface area contributed by atoms with Gasteiger partial charge in [-0.15, -0.1) is 0 Å². The van der Waals surface area contributed by atoms with Crippen LogP contribution in [0, 0.1) is 0 Å². The van der Waals surface area contributed by atoms with Gasteiger partial charge in [-0.2, -0.15) is 0 Å². The number of nitrogens with one attached hydrogen (secondary N) is 1. The maximum absolute atomic E-state index is 11.8. The van der Waals surface area contributed by atoms with Crippen molar-refractivity contribution in [3.05, 3.63) is 17.2 Å². The molecule has 0 aliphatic rings. The molecule has 0 saturated heterocycles. The zero-order chi connectivity index (χ0) is 14.4. The summed E-state index contributed by atoms with van der Waals surface area (Å²) in [6.07, 6.45) is 0.975. The molecular formula is C13H19ClN2O3. The molecule has 3 N–H and O–H groups in total. The van der Waals surface area contributed by atoms with Gasteiger partial charge < -0.3 is 20.5 Å². The monoisotopic (exact) mass is 286 g/mol. The SMILES string of the molecule is COc1cc(OC)c(NC(=O)CCC(C)N)cc1Cl.